The number of hydrogen-bond donors (Lipinski definition) is 0. The van der Waals surface area contributed by atoms with Crippen LogP contribution in [0.25, 0.3) is 22.0 Å². The van der Waals surface area contributed by atoms with E-state index in [1.807, 2.05) is 30.3 Å². The molecule has 0 saturated heterocycles. The summed E-state index contributed by atoms with van der Waals surface area (Å²) in [5.74, 6) is -71.4. The van der Waals surface area contributed by atoms with Crippen LogP contribution in [0.3, 0.4) is 0 Å². The SMILES string of the molecule is Fc1c(F)c(F)c([B-](c2c(F)c(F)c(F)c(F)c2F)(c2c(F)c(F)c(F)c(F)c2F)c2c(F)c(F)c(F)c(F)c2F)c(F)c1F.N#Cc1ccc(-c2c3ccccc3cc[n+]2Cc2ccccc2)cc1. The molecule has 8 rings (SSSR count). The van der Waals surface area contributed by atoms with E-state index in [0.29, 0.717) is 5.56 Å². The molecule has 0 bridgehead atoms. The minimum Gasteiger partial charge on any atom is -0.207 e. The first-order valence-corrected chi connectivity index (χ1v) is 19.2. The van der Waals surface area contributed by atoms with E-state index in [1.54, 1.807) is 0 Å². The molecule has 8 aromatic rings. The predicted molar refractivity (Wildman–Crippen MR) is 209 cm³/mol. The third-order valence-corrected chi connectivity index (χ3v) is 11.1. The predicted octanol–water partition coefficient (Wildman–Crippen LogP) is 10.6. The van der Waals surface area contributed by atoms with Crippen molar-refractivity contribution >= 4 is 38.8 Å². The lowest BCUT2D eigenvalue weighted by Gasteiger charge is -2.44. The Morgan fingerprint density at radius 2 is 0.671 bits per heavy atom. The third-order valence-electron chi connectivity index (χ3n) is 11.1. The molecule has 0 N–H and O–H groups in total. The van der Waals surface area contributed by atoms with E-state index in [-0.39, 0.29) is 0 Å². The molecule has 0 aliphatic carbocycles. The molecule has 0 amide bonds. The van der Waals surface area contributed by atoms with Crippen LogP contribution in [0.4, 0.5) is 87.8 Å². The molecule has 1 aromatic heterocycles. The second-order valence-electron chi connectivity index (χ2n) is 14.9. The Hall–Kier alpha value is -7.90. The van der Waals surface area contributed by atoms with E-state index >= 15 is 35.1 Å². The largest absolute Gasteiger partial charge is 0.220 e. The maximum absolute atomic E-state index is 15.4. The van der Waals surface area contributed by atoms with Gasteiger partial charge in [-0.2, -0.15) is 9.83 Å². The fraction of sp³-hybridized carbons (Fsp3) is 0.0213. The highest BCUT2D eigenvalue weighted by Gasteiger charge is 2.52. The van der Waals surface area contributed by atoms with E-state index in [1.165, 1.54) is 22.0 Å². The third kappa shape index (κ3) is 7.80. The molecule has 0 unspecified atom stereocenters. The maximum atomic E-state index is 15.4. The zero-order valence-corrected chi connectivity index (χ0v) is 33.9. The first kappa shape index (κ1) is 50.0. The molecule has 1 heterocycles. The van der Waals surface area contributed by atoms with Crippen LogP contribution in [0.1, 0.15) is 11.1 Å². The molecule has 0 aliphatic heterocycles. The van der Waals surface area contributed by atoms with E-state index < -0.39 is 144 Å². The first-order valence-electron chi connectivity index (χ1n) is 19.2. The molecule has 23 heteroatoms. The van der Waals surface area contributed by atoms with Gasteiger partial charge in [0, 0.05) is 17.2 Å². The summed E-state index contributed by atoms with van der Waals surface area (Å²) in [5, 5.41) is 11.5. The number of benzene rings is 7. The Balaban J connectivity index is 0.000000242. The second-order valence-corrected chi connectivity index (χ2v) is 14.9. The molecule has 7 aromatic carbocycles. The molecular weight excluding hydrogens is 983 g/mol. The number of halogens is 20. The van der Waals surface area contributed by atoms with Crippen LogP contribution in [-0.4, -0.2) is 6.15 Å². The van der Waals surface area contributed by atoms with Crippen molar-refractivity contribution in [3.8, 4) is 17.3 Å². The summed E-state index contributed by atoms with van der Waals surface area (Å²) in [6, 6.07) is 31.1. The summed E-state index contributed by atoms with van der Waals surface area (Å²) >= 11 is 0. The van der Waals surface area contributed by atoms with E-state index in [4.69, 9.17) is 5.26 Å². The van der Waals surface area contributed by atoms with Crippen molar-refractivity contribution in [3.63, 3.8) is 0 Å². The molecule has 0 radical (unpaired) electrons. The zero-order chi connectivity index (χ0) is 51.4. The molecule has 0 fully saturated rings. The van der Waals surface area contributed by atoms with Gasteiger partial charge in [0.15, 0.2) is 82.5 Å². The van der Waals surface area contributed by atoms with Crippen molar-refractivity contribution in [1.29, 1.82) is 5.26 Å². The Kier molecular flexibility index (Phi) is 13.5. The molecule has 0 saturated carbocycles. The zero-order valence-electron chi connectivity index (χ0n) is 33.9. The Labute approximate surface area is 378 Å². The quantitative estimate of drug-likeness (QED) is 0.0514. The summed E-state index contributed by atoms with van der Waals surface area (Å²) in [5.41, 5.74) is -10.1. The number of pyridine rings is 1. The fourth-order valence-corrected chi connectivity index (χ4v) is 8.07. The minimum absolute atomic E-state index is 0.679. The van der Waals surface area contributed by atoms with Crippen molar-refractivity contribution in [1.82, 2.24) is 0 Å². The van der Waals surface area contributed by atoms with Crippen molar-refractivity contribution in [2.75, 3.05) is 0 Å². The average molecular weight is 1000 g/mol. The van der Waals surface area contributed by atoms with Gasteiger partial charge in [0.25, 0.3) is 0 Å². The van der Waals surface area contributed by atoms with Gasteiger partial charge in [0.2, 0.25) is 5.69 Å². The van der Waals surface area contributed by atoms with Gasteiger partial charge in [-0.05, 0) is 35.7 Å². The molecule has 358 valence electrons. The topological polar surface area (TPSA) is 27.7 Å². The van der Waals surface area contributed by atoms with Crippen molar-refractivity contribution < 1.29 is 92.4 Å². The number of nitriles is 1. The highest BCUT2D eigenvalue weighted by molar-refractivity contribution is 7.20. The fourth-order valence-electron chi connectivity index (χ4n) is 8.07. The molecule has 0 aliphatic rings. The van der Waals surface area contributed by atoms with Crippen LogP contribution in [0.5, 0.6) is 0 Å². The number of rotatable bonds is 7. The van der Waals surface area contributed by atoms with Crippen molar-refractivity contribution in [3.05, 3.63) is 219 Å². The summed E-state index contributed by atoms with van der Waals surface area (Å²) in [7, 11) is 0. The lowest BCUT2D eigenvalue weighted by Crippen LogP contribution is -2.81. The summed E-state index contributed by atoms with van der Waals surface area (Å²) < 4.78 is 296. The molecule has 0 atom stereocenters. The summed E-state index contributed by atoms with van der Waals surface area (Å²) in [6.07, 6.45) is -5.08. The van der Waals surface area contributed by atoms with Crippen LogP contribution < -0.4 is 26.4 Å². The molecule has 70 heavy (non-hydrogen) atoms. The lowest BCUT2D eigenvalue weighted by molar-refractivity contribution is -0.676. The van der Waals surface area contributed by atoms with E-state index in [2.05, 4.69) is 71.4 Å². The van der Waals surface area contributed by atoms with Crippen LogP contribution in [0.15, 0.2) is 91.1 Å². The normalized spacial score (nSPS) is 11.5. The van der Waals surface area contributed by atoms with Gasteiger partial charge in [0.05, 0.1) is 17.0 Å². The van der Waals surface area contributed by atoms with Crippen LogP contribution in [0.2, 0.25) is 0 Å². The number of fused-ring (bicyclic) bond motifs is 1. The van der Waals surface area contributed by atoms with E-state index in [0.717, 1.165) is 12.1 Å². The van der Waals surface area contributed by atoms with Gasteiger partial charge in [-0.3, -0.25) is 0 Å². The number of nitrogens with zero attached hydrogens (tertiary/aromatic N) is 2. The van der Waals surface area contributed by atoms with Crippen molar-refractivity contribution in [2.24, 2.45) is 0 Å². The minimum atomic E-state index is -7.22. The van der Waals surface area contributed by atoms with Gasteiger partial charge in [0.1, 0.15) is 52.7 Å². The van der Waals surface area contributed by atoms with Crippen LogP contribution in [0, 0.1) is 128 Å². The Bertz CT molecular complexity index is 3090. The van der Waals surface area contributed by atoms with Gasteiger partial charge >= 0.3 is 0 Å². The highest BCUT2D eigenvalue weighted by atomic mass is 19.2. The number of aromatic nitrogens is 1. The van der Waals surface area contributed by atoms with Crippen LogP contribution in [-0.2, 0) is 6.54 Å². The first-order chi connectivity index (χ1) is 33.0. The highest BCUT2D eigenvalue weighted by Crippen LogP contribution is 2.31. The molecule has 2 nitrogen and oxygen atoms in total. The molecule has 0 spiro atoms. The maximum Gasteiger partial charge on any atom is 0.220 e. The lowest BCUT2D eigenvalue weighted by atomic mass is 9.12. The Morgan fingerprint density at radius 1 is 0.357 bits per heavy atom. The smallest absolute Gasteiger partial charge is 0.207 e. The van der Waals surface area contributed by atoms with E-state index in [9.17, 15) is 52.7 Å². The monoisotopic (exact) mass is 1000 g/mol. The standard InChI is InChI=1S/C24BF20.C23H17N2/c26-5-1(6(27)14(35)21(42)13(5)34)25(2-7(28)15(36)22(43)16(37)8(2)29,3-9(30)17(38)23(44)18(39)10(3)31)4-11(32)19(40)24(45)20(41)12(4)33;24-16-18-10-12-21(13-11-18)23-22-9-5-4-8-20(22)14-15-25(23)17-19-6-2-1-3-7-19/h;1-15H,17H2/q-1;+1. The van der Waals surface area contributed by atoms with Gasteiger partial charge in [-0.25, -0.2) is 87.8 Å². The molecular formula is C47H17BF20N2. The van der Waals surface area contributed by atoms with Crippen molar-refractivity contribution in [2.45, 2.75) is 6.54 Å². The summed E-state index contributed by atoms with van der Waals surface area (Å²) in [4.78, 5) is 0. The number of hydrogen-bond acceptors (Lipinski definition) is 1. The average Bonchev–Trinajstić information content (AvgIpc) is 3.36. The summed E-state index contributed by atoms with van der Waals surface area (Å²) in [6.45, 7) is 0.807. The van der Waals surface area contributed by atoms with Gasteiger partial charge in [-0.1, -0.05) is 48.5 Å². The van der Waals surface area contributed by atoms with Gasteiger partial charge < -0.3 is 0 Å². The van der Waals surface area contributed by atoms with Gasteiger partial charge in [-0.15, -0.1) is 21.9 Å². The second kappa shape index (κ2) is 18.9. The Morgan fingerprint density at radius 3 is 1.01 bits per heavy atom. The van der Waals surface area contributed by atoms with Crippen LogP contribution >= 0.6 is 0 Å².